The Hall–Kier alpha value is -1.43. The second kappa shape index (κ2) is 7.01. The van der Waals surface area contributed by atoms with Gasteiger partial charge in [-0.2, -0.15) is 4.98 Å². The molecule has 0 fully saturated rings. The minimum absolute atomic E-state index is 0.0455. The largest absolute Gasteiger partial charge is 0.473 e. The van der Waals surface area contributed by atoms with E-state index < -0.39 is 11.6 Å². The van der Waals surface area contributed by atoms with Crippen LogP contribution in [0.5, 0.6) is 5.88 Å². The number of hydrogen-bond donors (Lipinski definition) is 1. The minimum Gasteiger partial charge on any atom is -0.473 e. The van der Waals surface area contributed by atoms with Crippen LogP contribution in [-0.2, 0) is 4.74 Å². The molecule has 17 heavy (non-hydrogen) atoms. The summed E-state index contributed by atoms with van der Waals surface area (Å²) in [5.41, 5.74) is 0. The number of nitrogens with one attached hydrogen (secondary N) is 1. The molecule has 0 aromatic carbocycles. The van der Waals surface area contributed by atoms with Crippen molar-refractivity contribution in [2.75, 3.05) is 32.2 Å². The van der Waals surface area contributed by atoms with Crippen LogP contribution < -0.4 is 10.1 Å². The first-order valence-corrected chi connectivity index (χ1v) is 5.43. The van der Waals surface area contributed by atoms with Gasteiger partial charge in [0.25, 0.3) is 5.88 Å². The maximum absolute atomic E-state index is 13.2. The summed E-state index contributed by atoms with van der Waals surface area (Å²) < 4.78 is 36.5. The van der Waals surface area contributed by atoms with Crippen LogP contribution in [0.2, 0.25) is 0 Å². The molecule has 1 N–H and O–H groups in total. The Balaban J connectivity index is 2.52. The highest BCUT2D eigenvalue weighted by Gasteiger charge is 2.11. The Morgan fingerprint density at radius 2 is 2.00 bits per heavy atom. The number of hydrogen-bond acceptors (Lipinski definition) is 4. The number of anilines is 1. The lowest BCUT2D eigenvalue weighted by atomic mass is 10.4. The van der Waals surface area contributed by atoms with Crippen LogP contribution in [0.25, 0.3) is 0 Å². The van der Waals surface area contributed by atoms with Crippen molar-refractivity contribution >= 4 is 5.82 Å². The summed E-state index contributed by atoms with van der Waals surface area (Å²) in [5, 5.41) is 2.51. The van der Waals surface area contributed by atoms with Crippen molar-refractivity contribution in [2.45, 2.75) is 13.3 Å². The molecule has 0 aliphatic rings. The van der Waals surface area contributed by atoms with Gasteiger partial charge >= 0.3 is 0 Å². The zero-order valence-electron chi connectivity index (χ0n) is 9.93. The zero-order valence-corrected chi connectivity index (χ0v) is 9.93. The molecule has 1 heterocycles. The van der Waals surface area contributed by atoms with Gasteiger partial charge in [-0.25, -0.2) is 8.78 Å². The van der Waals surface area contributed by atoms with Crippen molar-refractivity contribution in [3.05, 3.63) is 17.7 Å². The van der Waals surface area contributed by atoms with E-state index in [0.717, 1.165) is 12.5 Å². The smallest absolute Gasteiger partial charge is 0.252 e. The molecule has 1 rings (SSSR count). The van der Waals surface area contributed by atoms with Gasteiger partial charge in [0.1, 0.15) is 6.61 Å². The average molecular weight is 246 g/mol. The SMILES string of the molecule is CCCOCCOc1nc(NC)c(F)cc1F. The molecule has 1 aromatic heterocycles. The Morgan fingerprint density at radius 1 is 1.24 bits per heavy atom. The lowest BCUT2D eigenvalue weighted by Crippen LogP contribution is -2.10. The summed E-state index contributed by atoms with van der Waals surface area (Å²) in [4.78, 5) is 3.67. The molecule has 0 bridgehead atoms. The Kier molecular flexibility index (Phi) is 5.62. The quantitative estimate of drug-likeness (QED) is 0.749. The Labute approximate surface area is 98.9 Å². The van der Waals surface area contributed by atoms with Gasteiger partial charge in [-0.15, -0.1) is 0 Å². The van der Waals surface area contributed by atoms with Crippen LogP contribution in [0.1, 0.15) is 13.3 Å². The Bertz CT molecular complexity index is 362. The monoisotopic (exact) mass is 246 g/mol. The number of rotatable bonds is 7. The Morgan fingerprint density at radius 3 is 2.65 bits per heavy atom. The van der Waals surface area contributed by atoms with Crippen molar-refractivity contribution < 1.29 is 18.3 Å². The van der Waals surface area contributed by atoms with Crippen LogP contribution in [0, 0.1) is 11.6 Å². The number of halogens is 2. The molecule has 0 unspecified atom stereocenters. The van der Waals surface area contributed by atoms with E-state index >= 15 is 0 Å². The predicted molar refractivity (Wildman–Crippen MR) is 60.3 cm³/mol. The maximum atomic E-state index is 13.2. The van der Waals surface area contributed by atoms with E-state index in [1.807, 2.05) is 6.92 Å². The molecule has 0 saturated heterocycles. The molecule has 0 saturated carbocycles. The highest BCUT2D eigenvalue weighted by Crippen LogP contribution is 2.20. The van der Waals surface area contributed by atoms with Gasteiger partial charge in [0.05, 0.1) is 6.61 Å². The summed E-state index contributed by atoms with van der Waals surface area (Å²) in [5.74, 6) is -1.84. The molecule has 0 radical (unpaired) electrons. The van der Waals surface area contributed by atoms with Gasteiger partial charge in [0, 0.05) is 19.7 Å². The lowest BCUT2D eigenvalue weighted by molar-refractivity contribution is 0.0973. The van der Waals surface area contributed by atoms with Crippen LogP contribution >= 0.6 is 0 Å². The standard InChI is InChI=1S/C11H16F2N2O2/c1-3-4-16-5-6-17-11-9(13)7-8(12)10(14-2)15-11/h7H,3-6H2,1-2H3,(H,14,15). The van der Waals surface area contributed by atoms with E-state index in [4.69, 9.17) is 9.47 Å². The molecular weight excluding hydrogens is 230 g/mol. The van der Waals surface area contributed by atoms with E-state index in [9.17, 15) is 8.78 Å². The molecular formula is C11H16F2N2O2. The second-order valence-corrected chi connectivity index (χ2v) is 3.32. The molecule has 0 aliphatic carbocycles. The molecule has 1 aromatic rings. The number of nitrogens with zero attached hydrogens (tertiary/aromatic N) is 1. The topological polar surface area (TPSA) is 43.4 Å². The van der Waals surface area contributed by atoms with E-state index in [1.54, 1.807) is 0 Å². The fourth-order valence-electron chi connectivity index (χ4n) is 1.17. The van der Waals surface area contributed by atoms with Crippen molar-refractivity contribution in [2.24, 2.45) is 0 Å². The van der Waals surface area contributed by atoms with Crippen LogP contribution in [0.4, 0.5) is 14.6 Å². The number of pyridine rings is 1. The molecule has 96 valence electrons. The fraction of sp³-hybridized carbons (Fsp3) is 0.545. The summed E-state index contributed by atoms with van der Waals surface area (Å²) in [6.45, 7) is 3.14. The van der Waals surface area contributed by atoms with E-state index in [0.29, 0.717) is 13.2 Å². The van der Waals surface area contributed by atoms with Crippen LogP contribution in [0.3, 0.4) is 0 Å². The first-order valence-electron chi connectivity index (χ1n) is 5.43. The highest BCUT2D eigenvalue weighted by molar-refractivity contribution is 5.38. The highest BCUT2D eigenvalue weighted by atomic mass is 19.1. The van der Waals surface area contributed by atoms with Crippen molar-refractivity contribution in [1.29, 1.82) is 0 Å². The van der Waals surface area contributed by atoms with E-state index in [-0.39, 0.29) is 18.3 Å². The fourth-order valence-corrected chi connectivity index (χ4v) is 1.17. The average Bonchev–Trinajstić information content (AvgIpc) is 2.31. The molecule has 4 nitrogen and oxygen atoms in total. The van der Waals surface area contributed by atoms with E-state index in [1.165, 1.54) is 7.05 Å². The van der Waals surface area contributed by atoms with Crippen LogP contribution in [0.15, 0.2) is 6.07 Å². The van der Waals surface area contributed by atoms with Gasteiger partial charge in [0.15, 0.2) is 17.5 Å². The van der Waals surface area contributed by atoms with Gasteiger partial charge in [-0.1, -0.05) is 6.92 Å². The van der Waals surface area contributed by atoms with Gasteiger partial charge < -0.3 is 14.8 Å². The third kappa shape index (κ3) is 4.14. The molecule has 0 atom stereocenters. The van der Waals surface area contributed by atoms with Crippen molar-refractivity contribution in [3.8, 4) is 5.88 Å². The molecule has 6 heteroatoms. The normalized spacial score (nSPS) is 10.4. The maximum Gasteiger partial charge on any atom is 0.252 e. The molecule has 0 aliphatic heterocycles. The van der Waals surface area contributed by atoms with Crippen molar-refractivity contribution in [1.82, 2.24) is 4.98 Å². The first kappa shape index (κ1) is 13.6. The van der Waals surface area contributed by atoms with Gasteiger partial charge in [-0.3, -0.25) is 0 Å². The van der Waals surface area contributed by atoms with Gasteiger partial charge in [-0.05, 0) is 6.42 Å². The van der Waals surface area contributed by atoms with Crippen molar-refractivity contribution in [3.63, 3.8) is 0 Å². The minimum atomic E-state index is -0.822. The number of aromatic nitrogens is 1. The third-order valence-corrected chi connectivity index (χ3v) is 1.95. The zero-order chi connectivity index (χ0) is 12.7. The molecule has 0 spiro atoms. The summed E-state index contributed by atoms with van der Waals surface area (Å²) in [6, 6.07) is 0.737. The number of ether oxygens (including phenoxy) is 2. The van der Waals surface area contributed by atoms with Gasteiger partial charge in [0.2, 0.25) is 0 Å². The first-order chi connectivity index (χ1) is 8.19. The molecule has 0 amide bonds. The predicted octanol–water partition coefficient (Wildman–Crippen LogP) is 2.21. The van der Waals surface area contributed by atoms with Crippen LogP contribution in [-0.4, -0.2) is 31.9 Å². The third-order valence-electron chi connectivity index (χ3n) is 1.95. The lowest BCUT2D eigenvalue weighted by Gasteiger charge is -2.08. The second-order valence-electron chi connectivity index (χ2n) is 3.32. The van der Waals surface area contributed by atoms with E-state index in [2.05, 4.69) is 10.3 Å². The summed E-state index contributed by atoms with van der Waals surface area (Å²) >= 11 is 0. The summed E-state index contributed by atoms with van der Waals surface area (Å²) in [7, 11) is 1.50. The summed E-state index contributed by atoms with van der Waals surface area (Å²) in [6.07, 6.45) is 0.910.